The minimum Gasteiger partial charge on any atom is -0.394 e. The molecule has 0 spiro atoms. The summed E-state index contributed by atoms with van der Waals surface area (Å²) < 4.78 is 26.2. The van der Waals surface area contributed by atoms with Gasteiger partial charge in [0.05, 0.1) is 24.0 Å². The Balaban J connectivity index is 2.34. The van der Waals surface area contributed by atoms with Crippen molar-refractivity contribution < 1.29 is 13.5 Å². The summed E-state index contributed by atoms with van der Waals surface area (Å²) in [5, 5.41) is 12.5. The van der Waals surface area contributed by atoms with E-state index in [1.807, 2.05) is 0 Å². The highest BCUT2D eigenvalue weighted by Gasteiger charge is 2.29. The van der Waals surface area contributed by atoms with E-state index >= 15 is 0 Å². The summed E-state index contributed by atoms with van der Waals surface area (Å²) in [6.45, 7) is -0.173. The maximum Gasteiger partial charge on any atom is 0.269 e. The Morgan fingerprint density at radius 3 is 2.78 bits per heavy atom. The van der Waals surface area contributed by atoms with Gasteiger partial charge in [-0.05, 0) is 24.3 Å². The van der Waals surface area contributed by atoms with Gasteiger partial charge in [0.1, 0.15) is 4.90 Å². The average molecular weight is 264 g/mol. The van der Waals surface area contributed by atoms with E-state index in [0.29, 0.717) is 11.4 Å². The van der Waals surface area contributed by atoms with Crippen LogP contribution in [0.5, 0.6) is 0 Å². The Hall–Kier alpha value is -1.79. The monoisotopic (exact) mass is 264 g/mol. The quantitative estimate of drug-likeness (QED) is 0.811. The van der Waals surface area contributed by atoms with E-state index in [1.54, 1.807) is 36.4 Å². The molecule has 0 amide bonds. The third-order valence-corrected chi connectivity index (χ3v) is 4.80. The van der Waals surface area contributed by atoms with Crippen molar-refractivity contribution >= 4 is 15.7 Å². The zero-order valence-corrected chi connectivity index (χ0v) is 10.3. The number of nitrogens with zero attached hydrogens (tertiary/aromatic N) is 1. The van der Waals surface area contributed by atoms with Gasteiger partial charge in [0.25, 0.3) is 10.0 Å². The molecule has 2 heterocycles. The first-order chi connectivity index (χ1) is 8.64. The number of rotatable bonds is 1. The summed E-state index contributed by atoms with van der Waals surface area (Å²) >= 11 is 0. The standard InChI is InChI=1S/C12H12N2O3S/c15-8-10-11-5-3-7-14(11)18(16,17)12-6-2-1-4-9(12)13-10/h1-7,10,13,15H,8H2. The summed E-state index contributed by atoms with van der Waals surface area (Å²) in [5.74, 6) is 0. The molecule has 1 aromatic carbocycles. The Morgan fingerprint density at radius 1 is 1.22 bits per heavy atom. The SMILES string of the molecule is O=S1(=O)c2ccccc2NC(CO)c2cccn21. The fraction of sp³-hybridized carbons (Fsp3) is 0.167. The molecule has 1 aliphatic rings. The summed E-state index contributed by atoms with van der Waals surface area (Å²) in [7, 11) is -3.59. The minimum atomic E-state index is -3.59. The van der Waals surface area contributed by atoms with Crippen molar-refractivity contribution in [2.45, 2.75) is 10.9 Å². The third kappa shape index (κ3) is 1.46. The number of aromatic nitrogens is 1. The Kier molecular flexibility index (Phi) is 2.42. The molecular formula is C12H12N2O3S. The summed E-state index contributed by atoms with van der Waals surface area (Å²) in [6, 6.07) is 9.61. The van der Waals surface area contributed by atoms with Crippen LogP contribution in [0.25, 0.3) is 0 Å². The molecule has 2 aromatic rings. The van der Waals surface area contributed by atoms with Crippen LogP contribution in [0, 0.1) is 0 Å². The lowest BCUT2D eigenvalue weighted by molar-refractivity contribution is 0.274. The number of para-hydroxylation sites is 1. The van der Waals surface area contributed by atoms with Crippen molar-refractivity contribution in [2.75, 3.05) is 11.9 Å². The van der Waals surface area contributed by atoms with E-state index in [2.05, 4.69) is 5.32 Å². The van der Waals surface area contributed by atoms with Gasteiger partial charge in [0.2, 0.25) is 0 Å². The molecule has 1 aromatic heterocycles. The van der Waals surface area contributed by atoms with Gasteiger partial charge in [-0.3, -0.25) is 0 Å². The van der Waals surface area contributed by atoms with Gasteiger partial charge in [0, 0.05) is 6.20 Å². The molecule has 0 saturated carbocycles. The zero-order valence-electron chi connectivity index (χ0n) is 9.45. The van der Waals surface area contributed by atoms with Crippen molar-refractivity contribution in [3.8, 4) is 0 Å². The highest BCUT2D eigenvalue weighted by molar-refractivity contribution is 7.90. The lowest BCUT2D eigenvalue weighted by Gasteiger charge is -2.14. The van der Waals surface area contributed by atoms with Gasteiger partial charge < -0.3 is 10.4 Å². The lowest BCUT2D eigenvalue weighted by atomic mass is 10.2. The maximum atomic E-state index is 12.5. The first kappa shape index (κ1) is 11.3. The normalized spacial score (nSPS) is 20.4. The molecular weight excluding hydrogens is 252 g/mol. The van der Waals surface area contributed by atoms with Crippen LogP contribution in [-0.2, 0) is 10.0 Å². The maximum absolute atomic E-state index is 12.5. The second kappa shape index (κ2) is 3.86. The second-order valence-corrected chi connectivity index (χ2v) is 5.89. The van der Waals surface area contributed by atoms with Crippen LogP contribution in [0.2, 0.25) is 0 Å². The van der Waals surface area contributed by atoms with Crippen LogP contribution in [0.4, 0.5) is 5.69 Å². The van der Waals surface area contributed by atoms with E-state index < -0.39 is 16.1 Å². The zero-order chi connectivity index (χ0) is 12.8. The van der Waals surface area contributed by atoms with Gasteiger partial charge in [-0.1, -0.05) is 12.1 Å². The van der Waals surface area contributed by atoms with Crippen LogP contribution in [0.3, 0.4) is 0 Å². The smallest absolute Gasteiger partial charge is 0.269 e. The molecule has 5 nitrogen and oxygen atoms in total. The van der Waals surface area contributed by atoms with Gasteiger partial charge in [-0.25, -0.2) is 12.4 Å². The molecule has 18 heavy (non-hydrogen) atoms. The number of aliphatic hydroxyl groups excluding tert-OH is 1. The van der Waals surface area contributed by atoms with E-state index in [1.165, 1.54) is 10.2 Å². The Bertz CT molecular complexity index is 691. The molecule has 2 N–H and O–H groups in total. The predicted molar refractivity (Wildman–Crippen MR) is 66.9 cm³/mol. The molecule has 0 fully saturated rings. The van der Waals surface area contributed by atoms with Crippen molar-refractivity contribution in [3.05, 3.63) is 48.3 Å². The third-order valence-electron chi connectivity index (χ3n) is 3.04. The van der Waals surface area contributed by atoms with Crippen LogP contribution in [-0.4, -0.2) is 24.1 Å². The Labute approximate surface area is 105 Å². The predicted octanol–water partition coefficient (Wildman–Crippen LogP) is 1.18. The molecule has 94 valence electrons. The number of benzene rings is 1. The molecule has 1 unspecified atom stereocenters. The molecule has 0 saturated heterocycles. The Morgan fingerprint density at radius 2 is 2.00 bits per heavy atom. The molecule has 3 rings (SSSR count). The molecule has 6 heteroatoms. The van der Waals surface area contributed by atoms with Gasteiger partial charge in [-0.15, -0.1) is 0 Å². The summed E-state index contributed by atoms with van der Waals surface area (Å²) in [5.41, 5.74) is 1.05. The number of hydrogen-bond donors (Lipinski definition) is 2. The molecule has 0 radical (unpaired) electrons. The minimum absolute atomic E-state index is 0.173. The van der Waals surface area contributed by atoms with Crippen molar-refractivity contribution in [1.82, 2.24) is 3.97 Å². The first-order valence-corrected chi connectivity index (χ1v) is 6.98. The van der Waals surface area contributed by atoms with Crippen molar-refractivity contribution in [2.24, 2.45) is 0 Å². The highest BCUT2D eigenvalue weighted by Crippen LogP contribution is 2.32. The average Bonchev–Trinajstić information content (AvgIpc) is 2.83. The van der Waals surface area contributed by atoms with Crippen molar-refractivity contribution in [1.29, 1.82) is 0 Å². The number of nitrogens with one attached hydrogen (secondary N) is 1. The number of fused-ring (bicyclic) bond motifs is 2. The van der Waals surface area contributed by atoms with Crippen LogP contribution in [0.1, 0.15) is 11.7 Å². The number of hydrogen-bond acceptors (Lipinski definition) is 4. The van der Waals surface area contributed by atoms with Crippen LogP contribution < -0.4 is 5.32 Å². The lowest BCUT2D eigenvalue weighted by Crippen LogP contribution is -2.17. The van der Waals surface area contributed by atoms with Crippen molar-refractivity contribution in [3.63, 3.8) is 0 Å². The molecule has 1 atom stereocenters. The number of aliphatic hydroxyl groups is 1. The fourth-order valence-electron chi connectivity index (χ4n) is 2.19. The van der Waals surface area contributed by atoms with Gasteiger partial charge >= 0.3 is 0 Å². The highest BCUT2D eigenvalue weighted by atomic mass is 32.2. The van der Waals surface area contributed by atoms with Crippen LogP contribution in [0.15, 0.2) is 47.5 Å². The topological polar surface area (TPSA) is 71.3 Å². The largest absolute Gasteiger partial charge is 0.394 e. The molecule has 0 aliphatic carbocycles. The first-order valence-electron chi connectivity index (χ1n) is 5.54. The molecule has 1 aliphatic heterocycles. The fourth-order valence-corrected chi connectivity index (χ4v) is 3.75. The number of anilines is 1. The van der Waals surface area contributed by atoms with Gasteiger partial charge in [-0.2, -0.15) is 0 Å². The van der Waals surface area contributed by atoms with E-state index in [4.69, 9.17) is 0 Å². The summed E-state index contributed by atoms with van der Waals surface area (Å²) in [4.78, 5) is 0.221. The molecule has 0 bridgehead atoms. The van der Waals surface area contributed by atoms with E-state index in [-0.39, 0.29) is 11.5 Å². The van der Waals surface area contributed by atoms with Gasteiger partial charge in [0.15, 0.2) is 0 Å². The van der Waals surface area contributed by atoms with E-state index in [9.17, 15) is 13.5 Å². The van der Waals surface area contributed by atoms with E-state index in [0.717, 1.165) is 0 Å². The summed E-state index contributed by atoms with van der Waals surface area (Å²) in [6.07, 6.45) is 1.50. The second-order valence-electron chi connectivity index (χ2n) is 4.11. The van der Waals surface area contributed by atoms with Crippen LogP contribution >= 0.6 is 0 Å².